The van der Waals surface area contributed by atoms with E-state index in [2.05, 4.69) is 6.92 Å². The summed E-state index contributed by atoms with van der Waals surface area (Å²) < 4.78 is 5.65. The van der Waals surface area contributed by atoms with Crippen molar-refractivity contribution in [2.45, 2.75) is 45.6 Å². The molecule has 2 fully saturated rings. The Bertz CT molecular complexity index is 596. The summed E-state index contributed by atoms with van der Waals surface area (Å²) in [5.41, 5.74) is 0.801. The molecule has 1 amide bonds. The number of hydrogen-bond donors (Lipinski definition) is 0. The van der Waals surface area contributed by atoms with Gasteiger partial charge in [-0.1, -0.05) is 36.7 Å². The van der Waals surface area contributed by atoms with Crippen molar-refractivity contribution in [3.05, 3.63) is 24.3 Å². The minimum Gasteiger partial charge on any atom is -0.492 e. The van der Waals surface area contributed by atoms with Gasteiger partial charge in [-0.3, -0.25) is 9.69 Å². The van der Waals surface area contributed by atoms with Crippen LogP contribution >= 0.6 is 11.8 Å². The Labute approximate surface area is 142 Å². The summed E-state index contributed by atoms with van der Waals surface area (Å²) in [5.74, 6) is 2.13. The van der Waals surface area contributed by atoms with E-state index in [0.717, 1.165) is 35.2 Å². The van der Waals surface area contributed by atoms with Crippen molar-refractivity contribution in [3.63, 3.8) is 0 Å². The maximum absolute atomic E-state index is 12.9. The molecule has 0 unspecified atom stereocenters. The Kier molecular flexibility index (Phi) is 5.26. The van der Waals surface area contributed by atoms with Gasteiger partial charge in [-0.05, 0) is 38.8 Å². The van der Waals surface area contributed by atoms with Crippen molar-refractivity contribution in [2.75, 3.05) is 12.4 Å². The molecule has 0 aromatic heterocycles. The lowest BCUT2D eigenvalue weighted by Gasteiger charge is -2.24. The van der Waals surface area contributed by atoms with Crippen LogP contribution in [0.5, 0.6) is 5.75 Å². The van der Waals surface area contributed by atoms with Crippen LogP contribution in [0.15, 0.2) is 29.3 Å². The fourth-order valence-electron chi connectivity index (χ4n) is 3.22. The van der Waals surface area contributed by atoms with Gasteiger partial charge in [0.1, 0.15) is 11.4 Å². The highest BCUT2D eigenvalue weighted by Gasteiger charge is 2.37. The molecule has 1 aliphatic heterocycles. The van der Waals surface area contributed by atoms with Gasteiger partial charge < -0.3 is 4.74 Å². The Hall–Kier alpha value is -1.49. The molecule has 1 saturated heterocycles. The molecule has 1 aromatic carbocycles. The number of carbonyl (C=O) groups excluding carboxylic acids is 1. The molecule has 1 aromatic rings. The lowest BCUT2D eigenvalue weighted by Crippen LogP contribution is -2.40. The van der Waals surface area contributed by atoms with E-state index in [1.54, 1.807) is 11.8 Å². The maximum atomic E-state index is 12.9. The number of nitrogens with zero attached hydrogens (tertiary/aromatic N) is 2. The number of aliphatic imine (C=N–C) groups is 1. The Balaban J connectivity index is 1.86. The van der Waals surface area contributed by atoms with Gasteiger partial charge in [0.2, 0.25) is 5.91 Å². The number of carbonyl (C=O) groups is 1. The van der Waals surface area contributed by atoms with Gasteiger partial charge in [0.15, 0.2) is 5.17 Å². The highest BCUT2D eigenvalue weighted by Crippen LogP contribution is 2.35. The van der Waals surface area contributed by atoms with Crippen LogP contribution in [-0.2, 0) is 4.79 Å². The van der Waals surface area contributed by atoms with E-state index in [1.807, 2.05) is 36.1 Å². The number of para-hydroxylation sites is 2. The highest BCUT2D eigenvalue weighted by atomic mass is 32.2. The third-order valence-electron chi connectivity index (χ3n) is 4.42. The first-order valence-corrected chi connectivity index (χ1v) is 9.45. The number of benzene rings is 1. The van der Waals surface area contributed by atoms with Gasteiger partial charge in [-0.25, -0.2) is 4.99 Å². The van der Waals surface area contributed by atoms with Crippen LogP contribution < -0.4 is 4.74 Å². The van der Waals surface area contributed by atoms with E-state index in [-0.39, 0.29) is 17.9 Å². The van der Waals surface area contributed by atoms with Crippen LogP contribution in [0.2, 0.25) is 0 Å². The van der Waals surface area contributed by atoms with Crippen molar-refractivity contribution in [2.24, 2.45) is 10.9 Å². The molecule has 0 N–H and O–H groups in total. The second-order valence-electron chi connectivity index (χ2n) is 6.14. The Morgan fingerprint density at radius 3 is 2.83 bits per heavy atom. The van der Waals surface area contributed by atoms with Gasteiger partial charge >= 0.3 is 0 Å². The molecule has 1 aliphatic carbocycles. The minimum absolute atomic E-state index is 0.184. The smallest absolute Gasteiger partial charge is 0.231 e. The van der Waals surface area contributed by atoms with Crippen LogP contribution in [0.4, 0.5) is 5.69 Å². The molecule has 0 bridgehead atoms. The molecule has 0 spiro atoms. The van der Waals surface area contributed by atoms with Crippen LogP contribution in [0.25, 0.3) is 0 Å². The molecule has 1 atom stereocenters. The molecule has 1 heterocycles. The second-order valence-corrected chi connectivity index (χ2v) is 7.13. The van der Waals surface area contributed by atoms with Gasteiger partial charge in [-0.15, -0.1) is 0 Å². The average molecular weight is 332 g/mol. The molecule has 1 saturated carbocycles. The Morgan fingerprint density at radius 1 is 1.35 bits per heavy atom. The lowest BCUT2D eigenvalue weighted by atomic mass is 10.1. The summed E-state index contributed by atoms with van der Waals surface area (Å²) in [6.45, 7) is 4.68. The highest BCUT2D eigenvalue weighted by molar-refractivity contribution is 8.14. The normalized spacial score (nSPS) is 23.7. The van der Waals surface area contributed by atoms with E-state index in [4.69, 9.17) is 9.73 Å². The van der Waals surface area contributed by atoms with Crippen molar-refractivity contribution < 1.29 is 9.53 Å². The summed E-state index contributed by atoms with van der Waals surface area (Å²) >= 11 is 1.67. The quantitative estimate of drug-likeness (QED) is 0.829. The first kappa shape index (κ1) is 16.4. The lowest BCUT2D eigenvalue weighted by molar-refractivity contribution is -0.132. The van der Waals surface area contributed by atoms with Crippen LogP contribution in [0, 0.1) is 5.92 Å². The molecule has 23 heavy (non-hydrogen) atoms. The minimum atomic E-state index is 0.184. The zero-order chi connectivity index (χ0) is 16.2. The van der Waals surface area contributed by atoms with Crippen molar-refractivity contribution in [3.8, 4) is 5.75 Å². The van der Waals surface area contributed by atoms with Crippen molar-refractivity contribution in [1.82, 2.24) is 4.90 Å². The standard InChI is InChI=1S/C18H24N2O2S/c1-3-22-16-11-7-6-10-15(16)19-18-20(13(2)12-23-18)17(21)14-8-4-5-9-14/h6-7,10-11,13-14H,3-5,8-9,12H2,1-2H3/t13-/m0/s1. The summed E-state index contributed by atoms with van der Waals surface area (Å²) in [4.78, 5) is 19.6. The summed E-state index contributed by atoms with van der Waals surface area (Å²) in [6.07, 6.45) is 4.39. The summed E-state index contributed by atoms with van der Waals surface area (Å²) in [5, 5.41) is 0.821. The fraction of sp³-hybridized carbons (Fsp3) is 0.556. The van der Waals surface area contributed by atoms with Crippen LogP contribution in [0.1, 0.15) is 39.5 Å². The molecule has 5 heteroatoms. The number of amides is 1. The maximum Gasteiger partial charge on any atom is 0.231 e. The monoisotopic (exact) mass is 332 g/mol. The first-order valence-electron chi connectivity index (χ1n) is 8.47. The number of thioether (sulfide) groups is 1. The summed E-state index contributed by atoms with van der Waals surface area (Å²) in [6, 6.07) is 7.98. The number of hydrogen-bond acceptors (Lipinski definition) is 4. The fourth-order valence-corrected chi connectivity index (χ4v) is 4.34. The third-order valence-corrected chi connectivity index (χ3v) is 5.62. The van der Waals surface area contributed by atoms with Crippen molar-refractivity contribution >= 4 is 28.5 Å². The molecule has 3 rings (SSSR count). The van der Waals surface area contributed by atoms with E-state index >= 15 is 0 Å². The van der Waals surface area contributed by atoms with Gasteiger partial charge in [0.05, 0.1) is 6.61 Å². The zero-order valence-corrected chi connectivity index (χ0v) is 14.6. The van der Waals surface area contributed by atoms with Gasteiger partial charge in [0.25, 0.3) is 0 Å². The number of rotatable bonds is 4. The molecule has 2 aliphatic rings. The SMILES string of the molecule is CCOc1ccccc1N=C1SC[C@H](C)N1C(=O)C1CCCC1. The average Bonchev–Trinajstić information content (AvgIpc) is 3.19. The predicted molar refractivity (Wildman–Crippen MR) is 95.4 cm³/mol. The first-order chi connectivity index (χ1) is 11.2. The predicted octanol–water partition coefficient (Wildman–Crippen LogP) is 4.23. The number of ether oxygens (including phenoxy) is 1. The summed E-state index contributed by atoms with van der Waals surface area (Å²) in [7, 11) is 0. The van der Waals surface area contributed by atoms with Crippen LogP contribution in [-0.4, -0.2) is 34.4 Å². The Morgan fingerprint density at radius 2 is 2.09 bits per heavy atom. The van der Waals surface area contributed by atoms with Crippen molar-refractivity contribution in [1.29, 1.82) is 0 Å². The molecular weight excluding hydrogens is 308 g/mol. The molecule has 0 radical (unpaired) electrons. The van der Waals surface area contributed by atoms with Crippen LogP contribution in [0.3, 0.4) is 0 Å². The molecule has 4 nitrogen and oxygen atoms in total. The van der Waals surface area contributed by atoms with E-state index in [9.17, 15) is 4.79 Å². The topological polar surface area (TPSA) is 41.9 Å². The van der Waals surface area contributed by atoms with E-state index < -0.39 is 0 Å². The van der Waals surface area contributed by atoms with E-state index in [0.29, 0.717) is 6.61 Å². The second kappa shape index (κ2) is 7.39. The molecular formula is C18H24N2O2S. The zero-order valence-electron chi connectivity index (χ0n) is 13.8. The van der Waals surface area contributed by atoms with Gasteiger partial charge in [-0.2, -0.15) is 0 Å². The largest absolute Gasteiger partial charge is 0.492 e. The molecule has 124 valence electrons. The third kappa shape index (κ3) is 3.55. The number of amidine groups is 1. The van der Waals surface area contributed by atoms with E-state index in [1.165, 1.54) is 12.8 Å². The van der Waals surface area contributed by atoms with Gasteiger partial charge in [0, 0.05) is 17.7 Å².